The van der Waals surface area contributed by atoms with Gasteiger partial charge >= 0.3 is 0 Å². The summed E-state index contributed by atoms with van der Waals surface area (Å²) in [6.45, 7) is 3.70. The van der Waals surface area contributed by atoms with Gasteiger partial charge in [0, 0.05) is 44.1 Å². The van der Waals surface area contributed by atoms with Gasteiger partial charge in [-0.1, -0.05) is 12.8 Å². The first-order valence-corrected chi connectivity index (χ1v) is 8.08. The maximum Gasteiger partial charge on any atom is 0.240 e. The Balaban J connectivity index is 1.57. The standard InChI is InChI=1S/C15H23N5O/c1-2-5-12(4-1)20(15-17-6-3-7-18-15)19-10-13-14(11-19)21-9-8-16-13/h3,6-7,12-14,16H,1-2,4-5,8-11H2. The lowest BCUT2D eigenvalue weighted by Crippen LogP contribution is -2.49. The Hall–Kier alpha value is -1.24. The molecule has 0 radical (unpaired) electrons. The highest BCUT2D eigenvalue weighted by atomic mass is 16.5. The predicted octanol–water partition coefficient (Wildman–Crippen LogP) is 0.813. The zero-order valence-corrected chi connectivity index (χ0v) is 12.3. The lowest BCUT2D eigenvalue weighted by molar-refractivity contribution is 0.0170. The number of nitrogens with one attached hydrogen (secondary N) is 1. The molecule has 3 heterocycles. The Morgan fingerprint density at radius 3 is 2.76 bits per heavy atom. The first-order chi connectivity index (χ1) is 10.4. The fraction of sp³-hybridized carbons (Fsp3) is 0.733. The monoisotopic (exact) mass is 289 g/mol. The average Bonchev–Trinajstić information content (AvgIpc) is 3.18. The largest absolute Gasteiger partial charge is 0.374 e. The number of hydrogen-bond acceptors (Lipinski definition) is 6. The van der Waals surface area contributed by atoms with E-state index in [4.69, 9.17) is 4.74 Å². The van der Waals surface area contributed by atoms with Crippen LogP contribution in [-0.2, 0) is 4.74 Å². The Morgan fingerprint density at radius 2 is 2.00 bits per heavy atom. The fourth-order valence-corrected chi connectivity index (χ4v) is 3.83. The summed E-state index contributed by atoms with van der Waals surface area (Å²) in [5.74, 6) is 0.836. The van der Waals surface area contributed by atoms with Crippen LogP contribution in [-0.4, -0.2) is 59.4 Å². The summed E-state index contributed by atoms with van der Waals surface area (Å²) in [5, 5.41) is 8.32. The maximum atomic E-state index is 5.91. The van der Waals surface area contributed by atoms with Crippen molar-refractivity contribution in [3.05, 3.63) is 18.5 Å². The van der Waals surface area contributed by atoms with E-state index in [0.717, 1.165) is 32.2 Å². The molecule has 1 aromatic heterocycles. The second-order valence-corrected chi connectivity index (χ2v) is 6.17. The first-order valence-electron chi connectivity index (χ1n) is 8.08. The van der Waals surface area contributed by atoms with Gasteiger partial charge in [-0.3, -0.25) is 5.01 Å². The molecule has 3 fully saturated rings. The second kappa shape index (κ2) is 5.87. The molecule has 1 aliphatic carbocycles. The van der Waals surface area contributed by atoms with Crippen molar-refractivity contribution >= 4 is 5.95 Å². The van der Waals surface area contributed by atoms with Gasteiger partial charge in [-0.2, -0.15) is 0 Å². The molecule has 0 spiro atoms. The normalized spacial score (nSPS) is 30.5. The van der Waals surface area contributed by atoms with Gasteiger partial charge < -0.3 is 10.1 Å². The van der Waals surface area contributed by atoms with E-state index >= 15 is 0 Å². The van der Waals surface area contributed by atoms with Gasteiger partial charge in [0.05, 0.1) is 12.7 Å². The van der Waals surface area contributed by atoms with Crippen molar-refractivity contribution in [2.75, 3.05) is 31.3 Å². The second-order valence-electron chi connectivity index (χ2n) is 6.17. The lowest BCUT2D eigenvalue weighted by atomic mass is 10.2. The zero-order valence-electron chi connectivity index (χ0n) is 12.3. The van der Waals surface area contributed by atoms with Gasteiger partial charge in [0.2, 0.25) is 5.95 Å². The molecule has 2 atom stereocenters. The van der Waals surface area contributed by atoms with E-state index in [-0.39, 0.29) is 0 Å². The topological polar surface area (TPSA) is 53.5 Å². The molecule has 6 nitrogen and oxygen atoms in total. The molecule has 21 heavy (non-hydrogen) atoms. The van der Waals surface area contributed by atoms with E-state index in [1.807, 2.05) is 18.5 Å². The summed E-state index contributed by atoms with van der Waals surface area (Å²) in [4.78, 5) is 9.00. The molecule has 6 heteroatoms. The summed E-state index contributed by atoms with van der Waals surface area (Å²) < 4.78 is 5.91. The SMILES string of the molecule is c1cnc(N(C2CCCC2)N2CC3NCCOC3C2)nc1. The predicted molar refractivity (Wildman–Crippen MR) is 79.9 cm³/mol. The van der Waals surface area contributed by atoms with Crippen molar-refractivity contribution in [1.82, 2.24) is 20.3 Å². The van der Waals surface area contributed by atoms with E-state index in [9.17, 15) is 0 Å². The molecular weight excluding hydrogens is 266 g/mol. The first kappa shape index (κ1) is 13.4. The molecule has 2 aliphatic heterocycles. The highest BCUT2D eigenvalue weighted by Crippen LogP contribution is 2.30. The molecule has 0 amide bonds. The Bertz CT molecular complexity index is 450. The smallest absolute Gasteiger partial charge is 0.240 e. The van der Waals surface area contributed by atoms with Crippen LogP contribution in [0.4, 0.5) is 5.95 Å². The van der Waals surface area contributed by atoms with Gasteiger partial charge in [-0.05, 0) is 18.9 Å². The minimum absolute atomic E-state index is 0.298. The summed E-state index contributed by atoms with van der Waals surface area (Å²) in [6.07, 6.45) is 9.06. The number of anilines is 1. The number of hydrazine groups is 1. The van der Waals surface area contributed by atoms with Gasteiger partial charge in [-0.25, -0.2) is 15.0 Å². The van der Waals surface area contributed by atoms with E-state index in [1.54, 1.807) is 0 Å². The van der Waals surface area contributed by atoms with Gasteiger partial charge in [0.25, 0.3) is 0 Å². The molecule has 1 saturated carbocycles. The number of ether oxygens (including phenoxy) is 1. The summed E-state index contributed by atoms with van der Waals surface area (Å²) in [6, 6.07) is 2.85. The third kappa shape index (κ3) is 2.63. The molecular formula is C15H23N5O. The Kier molecular flexibility index (Phi) is 3.75. The highest BCUT2D eigenvalue weighted by Gasteiger charge is 2.40. The van der Waals surface area contributed by atoms with Crippen LogP contribution < -0.4 is 10.3 Å². The van der Waals surface area contributed by atoms with Crippen molar-refractivity contribution < 1.29 is 4.74 Å². The minimum Gasteiger partial charge on any atom is -0.374 e. The van der Waals surface area contributed by atoms with Crippen LogP contribution >= 0.6 is 0 Å². The molecule has 2 saturated heterocycles. The van der Waals surface area contributed by atoms with Crippen LogP contribution in [0.25, 0.3) is 0 Å². The highest BCUT2D eigenvalue weighted by molar-refractivity contribution is 5.30. The maximum absolute atomic E-state index is 5.91. The molecule has 3 aliphatic rings. The number of hydrogen-bond donors (Lipinski definition) is 1. The van der Waals surface area contributed by atoms with Crippen LogP contribution in [0.2, 0.25) is 0 Å². The third-order valence-corrected chi connectivity index (χ3v) is 4.82. The van der Waals surface area contributed by atoms with Crippen molar-refractivity contribution in [1.29, 1.82) is 0 Å². The molecule has 0 aromatic carbocycles. The Morgan fingerprint density at radius 1 is 1.19 bits per heavy atom. The molecule has 1 N–H and O–H groups in total. The lowest BCUT2D eigenvalue weighted by Gasteiger charge is -2.36. The van der Waals surface area contributed by atoms with Gasteiger partial charge in [0.15, 0.2) is 0 Å². The van der Waals surface area contributed by atoms with Crippen LogP contribution in [0.5, 0.6) is 0 Å². The summed E-state index contributed by atoms with van der Waals surface area (Å²) in [5.41, 5.74) is 0. The quantitative estimate of drug-likeness (QED) is 0.889. The van der Waals surface area contributed by atoms with Crippen molar-refractivity contribution in [2.45, 2.75) is 43.9 Å². The molecule has 114 valence electrons. The van der Waals surface area contributed by atoms with Crippen LogP contribution in [0, 0.1) is 0 Å². The minimum atomic E-state index is 0.298. The number of rotatable bonds is 3. The summed E-state index contributed by atoms with van der Waals surface area (Å²) >= 11 is 0. The number of fused-ring (bicyclic) bond motifs is 1. The third-order valence-electron chi connectivity index (χ3n) is 4.82. The zero-order chi connectivity index (χ0) is 14.1. The average molecular weight is 289 g/mol. The van der Waals surface area contributed by atoms with E-state index in [0.29, 0.717) is 18.2 Å². The molecule has 2 unspecified atom stereocenters. The van der Waals surface area contributed by atoms with E-state index in [1.165, 1.54) is 25.7 Å². The number of morpholine rings is 1. The fourth-order valence-electron chi connectivity index (χ4n) is 3.83. The van der Waals surface area contributed by atoms with E-state index < -0.39 is 0 Å². The van der Waals surface area contributed by atoms with Crippen molar-refractivity contribution in [2.24, 2.45) is 0 Å². The van der Waals surface area contributed by atoms with Gasteiger partial charge in [0.1, 0.15) is 0 Å². The van der Waals surface area contributed by atoms with E-state index in [2.05, 4.69) is 25.3 Å². The van der Waals surface area contributed by atoms with Gasteiger partial charge in [-0.15, -0.1) is 0 Å². The van der Waals surface area contributed by atoms with Crippen LogP contribution in [0.1, 0.15) is 25.7 Å². The summed E-state index contributed by atoms with van der Waals surface area (Å²) in [7, 11) is 0. The number of aromatic nitrogens is 2. The number of nitrogens with zero attached hydrogens (tertiary/aromatic N) is 4. The Labute approximate surface area is 125 Å². The van der Waals surface area contributed by atoms with Crippen LogP contribution in [0.15, 0.2) is 18.5 Å². The van der Waals surface area contributed by atoms with Crippen LogP contribution in [0.3, 0.4) is 0 Å². The molecule has 1 aromatic rings. The van der Waals surface area contributed by atoms with Crippen molar-refractivity contribution in [3.63, 3.8) is 0 Å². The molecule has 0 bridgehead atoms. The van der Waals surface area contributed by atoms with Crippen molar-refractivity contribution in [3.8, 4) is 0 Å². The molecule has 4 rings (SSSR count).